The zero-order valence-corrected chi connectivity index (χ0v) is 11.7. The van der Waals surface area contributed by atoms with Gasteiger partial charge in [0.1, 0.15) is 12.4 Å². The average molecular weight is 270 g/mol. The molecule has 106 valence electrons. The fourth-order valence-electron chi connectivity index (χ4n) is 2.08. The molecule has 0 aliphatic rings. The Kier molecular flexibility index (Phi) is 5.59. The van der Waals surface area contributed by atoms with Crippen LogP contribution in [-0.2, 0) is 6.61 Å². The first-order valence-electron chi connectivity index (χ1n) is 7.02. The molecule has 0 spiro atoms. The second-order valence-corrected chi connectivity index (χ2v) is 4.88. The Morgan fingerprint density at radius 3 is 2.55 bits per heavy atom. The molecule has 0 aliphatic heterocycles. The van der Waals surface area contributed by atoms with Crippen LogP contribution in [0.3, 0.4) is 0 Å². The lowest BCUT2D eigenvalue weighted by atomic mass is 10.0. The zero-order valence-electron chi connectivity index (χ0n) is 11.7. The molecule has 20 heavy (non-hydrogen) atoms. The van der Waals surface area contributed by atoms with E-state index < -0.39 is 0 Å². The van der Waals surface area contributed by atoms with E-state index in [0.29, 0.717) is 13.2 Å². The number of hydrogen-bond acceptors (Lipinski definition) is 3. The SMILES string of the molecule is NCCC[C@@H](N)c1cccc(OCc2ccccc2)c1. The third kappa shape index (κ3) is 4.37. The van der Waals surface area contributed by atoms with Crippen LogP contribution in [0.2, 0.25) is 0 Å². The molecule has 0 saturated heterocycles. The van der Waals surface area contributed by atoms with E-state index in [-0.39, 0.29) is 6.04 Å². The minimum Gasteiger partial charge on any atom is -0.489 e. The lowest BCUT2D eigenvalue weighted by Crippen LogP contribution is -2.12. The lowest BCUT2D eigenvalue weighted by Gasteiger charge is -2.13. The van der Waals surface area contributed by atoms with Crippen molar-refractivity contribution >= 4 is 0 Å². The Morgan fingerprint density at radius 1 is 1.00 bits per heavy atom. The van der Waals surface area contributed by atoms with Crippen LogP contribution in [-0.4, -0.2) is 6.54 Å². The van der Waals surface area contributed by atoms with Crippen LogP contribution in [0, 0.1) is 0 Å². The van der Waals surface area contributed by atoms with Crippen LogP contribution >= 0.6 is 0 Å². The first kappa shape index (κ1) is 14.6. The van der Waals surface area contributed by atoms with Gasteiger partial charge in [-0.05, 0) is 42.6 Å². The summed E-state index contributed by atoms with van der Waals surface area (Å²) < 4.78 is 5.81. The topological polar surface area (TPSA) is 61.3 Å². The van der Waals surface area contributed by atoms with Gasteiger partial charge in [0.25, 0.3) is 0 Å². The largest absolute Gasteiger partial charge is 0.489 e. The average Bonchev–Trinajstić information content (AvgIpc) is 2.52. The van der Waals surface area contributed by atoms with E-state index >= 15 is 0 Å². The number of rotatable bonds is 7. The maximum absolute atomic E-state index is 6.15. The van der Waals surface area contributed by atoms with E-state index in [9.17, 15) is 0 Å². The van der Waals surface area contributed by atoms with Crippen molar-refractivity contribution < 1.29 is 4.74 Å². The normalized spacial score (nSPS) is 12.1. The van der Waals surface area contributed by atoms with Crippen molar-refractivity contribution in [2.24, 2.45) is 11.5 Å². The Bertz CT molecular complexity index is 513. The van der Waals surface area contributed by atoms with E-state index in [4.69, 9.17) is 16.2 Å². The highest BCUT2D eigenvalue weighted by Crippen LogP contribution is 2.21. The van der Waals surface area contributed by atoms with E-state index in [1.54, 1.807) is 0 Å². The molecular formula is C17H22N2O. The van der Waals surface area contributed by atoms with Gasteiger partial charge in [0.15, 0.2) is 0 Å². The number of nitrogens with two attached hydrogens (primary N) is 2. The highest BCUT2D eigenvalue weighted by atomic mass is 16.5. The molecule has 2 aromatic carbocycles. The Balaban J connectivity index is 1.95. The summed E-state index contributed by atoms with van der Waals surface area (Å²) in [4.78, 5) is 0. The summed E-state index contributed by atoms with van der Waals surface area (Å²) in [5, 5.41) is 0. The summed E-state index contributed by atoms with van der Waals surface area (Å²) >= 11 is 0. The molecule has 0 aliphatic carbocycles. The number of hydrogen-bond donors (Lipinski definition) is 2. The second kappa shape index (κ2) is 7.68. The van der Waals surface area contributed by atoms with Gasteiger partial charge < -0.3 is 16.2 Å². The molecule has 1 atom stereocenters. The van der Waals surface area contributed by atoms with Crippen molar-refractivity contribution in [2.75, 3.05) is 6.54 Å². The van der Waals surface area contributed by atoms with Crippen molar-refractivity contribution in [3.05, 3.63) is 65.7 Å². The van der Waals surface area contributed by atoms with Gasteiger partial charge in [-0.1, -0.05) is 42.5 Å². The monoisotopic (exact) mass is 270 g/mol. The van der Waals surface area contributed by atoms with Crippen LogP contribution in [0.1, 0.15) is 30.0 Å². The van der Waals surface area contributed by atoms with E-state index in [0.717, 1.165) is 29.7 Å². The van der Waals surface area contributed by atoms with Crippen LogP contribution in [0.5, 0.6) is 5.75 Å². The van der Waals surface area contributed by atoms with Gasteiger partial charge in [0.05, 0.1) is 0 Å². The smallest absolute Gasteiger partial charge is 0.120 e. The molecule has 4 N–H and O–H groups in total. The van der Waals surface area contributed by atoms with Crippen LogP contribution in [0.25, 0.3) is 0 Å². The quantitative estimate of drug-likeness (QED) is 0.813. The van der Waals surface area contributed by atoms with Crippen molar-refractivity contribution in [1.82, 2.24) is 0 Å². The molecule has 0 saturated carbocycles. The van der Waals surface area contributed by atoms with Crippen molar-refractivity contribution in [3.8, 4) is 5.75 Å². The van der Waals surface area contributed by atoms with Gasteiger partial charge in [-0.2, -0.15) is 0 Å². The Labute approximate surface area is 120 Å². The van der Waals surface area contributed by atoms with Crippen LogP contribution in [0.15, 0.2) is 54.6 Å². The van der Waals surface area contributed by atoms with Crippen LogP contribution < -0.4 is 16.2 Å². The predicted molar refractivity (Wildman–Crippen MR) is 82.4 cm³/mol. The predicted octanol–water partition coefficient (Wildman–Crippen LogP) is 3.00. The molecule has 0 bridgehead atoms. The molecule has 2 rings (SSSR count). The van der Waals surface area contributed by atoms with Crippen molar-refractivity contribution in [2.45, 2.75) is 25.5 Å². The fourth-order valence-corrected chi connectivity index (χ4v) is 2.08. The molecule has 3 nitrogen and oxygen atoms in total. The summed E-state index contributed by atoms with van der Waals surface area (Å²) in [6.45, 7) is 1.25. The van der Waals surface area contributed by atoms with E-state index in [2.05, 4.69) is 12.1 Å². The molecule has 0 heterocycles. The van der Waals surface area contributed by atoms with Gasteiger partial charge >= 0.3 is 0 Å². The molecule has 0 amide bonds. The van der Waals surface area contributed by atoms with Gasteiger partial charge in [-0.25, -0.2) is 0 Å². The van der Waals surface area contributed by atoms with Gasteiger partial charge in [0.2, 0.25) is 0 Å². The van der Waals surface area contributed by atoms with Gasteiger partial charge in [-0.15, -0.1) is 0 Å². The number of benzene rings is 2. The molecule has 0 unspecified atom stereocenters. The van der Waals surface area contributed by atoms with E-state index in [1.807, 2.05) is 42.5 Å². The van der Waals surface area contributed by atoms with Crippen molar-refractivity contribution in [3.63, 3.8) is 0 Å². The number of ether oxygens (including phenoxy) is 1. The van der Waals surface area contributed by atoms with E-state index in [1.165, 1.54) is 0 Å². The molecule has 2 aromatic rings. The van der Waals surface area contributed by atoms with Crippen molar-refractivity contribution in [1.29, 1.82) is 0 Å². The lowest BCUT2D eigenvalue weighted by molar-refractivity contribution is 0.305. The first-order chi connectivity index (χ1) is 9.79. The van der Waals surface area contributed by atoms with Gasteiger partial charge in [-0.3, -0.25) is 0 Å². The van der Waals surface area contributed by atoms with Gasteiger partial charge in [0, 0.05) is 6.04 Å². The summed E-state index contributed by atoms with van der Waals surface area (Å²) in [6.07, 6.45) is 1.84. The highest BCUT2D eigenvalue weighted by Gasteiger charge is 2.06. The zero-order chi connectivity index (χ0) is 14.2. The first-order valence-corrected chi connectivity index (χ1v) is 7.02. The standard InChI is InChI=1S/C17H22N2O/c18-11-5-10-17(19)15-8-4-9-16(12-15)20-13-14-6-2-1-3-7-14/h1-4,6-9,12,17H,5,10-11,13,18-19H2/t17-/m1/s1. The molecular weight excluding hydrogens is 248 g/mol. The maximum atomic E-state index is 6.15. The molecule has 0 radical (unpaired) electrons. The molecule has 0 fully saturated rings. The fraction of sp³-hybridized carbons (Fsp3) is 0.294. The summed E-state index contributed by atoms with van der Waals surface area (Å²) in [7, 11) is 0. The summed E-state index contributed by atoms with van der Waals surface area (Å²) in [5.74, 6) is 0.856. The van der Waals surface area contributed by atoms with Crippen LogP contribution in [0.4, 0.5) is 0 Å². The molecule has 0 aromatic heterocycles. The second-order valence-electron chi connectivity index (χ2n) is 4.88. The Morgan fingerprint density at radius 2 is 1.80 bits per heavy atom. The molecule has 3 heteroatoms. The highest BCUT2D eigenvalue weighted by molar-refractivity contribution is 5.30. The minimum atomic E-state index is 0.0267. The summed E-state index contributed by atoms with van der Waals surface area (Å²) in [5.41, 5.74) is 13.9. The third-order valence-electron chi connectivity index (χ3n) is 3.25. The maximum Gasteiger partial charge on any atom is 0.120 e. The minimum absolute atomic E-state index is 0.0267. The Hall–Kier alpha value is -1.84. The summed E-state index contributed by atoms with van der Waals surface area (Å²) in [6, 6.07) is 18.2. The third-order valence-corrected chi connectivity index (χ3v) is 3.25.